The number of aromatic amines is 1. The Bertz CT molecular complexity index is 1170. The van der Waals surface area contributed by atoms with Crippen molar-refractivity contribution in [3.8, 4) is 11.3 Å². The first kappa shape index (κ1) is 17.7. The molecule has 4 aromatic rings. The van der Waals surface area contributed by atoms with Crippen LogP contribution in [0.4, 0.5) is 0 Å². The molecule has 0 atom stereocenters. The van der Waals surface area contributed by atoms with E-state index in [0.717, 1.165) is 22.0 Å². The van der Waals surface area contributed by atoms with E-state index in [4.69, 9.17) is 4.52 Å². The number of hydrogen-bond acceptors (Lipinski definition) is 4. The average molecular weight is 373 g/mol. The first-order valence-electron chi connectivity index (χ1n) is 8.95. The Balaban J connectivity index is 1.46. The van der Waals surface area contributed by atoms with Gasteiger partial charge in [-0.3, -0.25) is 9.59 Å². The minimum atomic E-state index is -0.673. The fourth-order valence-electron chi connectivity index (χ4n) is 3.18. The van der Waals surface area contributed by atoms with Gasteiger partial charge in [0.15, 0.2) is 5.76 Å². The van der Waals surface area contributed by atoms with E-state index in [-0.39, 0.29) is 6.54 Å². The second kappa shape index (κ2) is 7.15. The van der Waals surface area contributed by atoms with Crippen molar-refractivity contribution in [3.63, 3.8) is 0 Å². The molecule has 6 nitrogen and oxygen atoms in total. The number of rotatable bonds is 5. The Labute approximate surface area is 161 Å². The Hall–Kier alpha value is -3.67. The van der Waals surface area contributed by atoms with Crippen molar-refractivity contribution >= 4 is 22.6 Å². The third-order valence-electron chi connectivity index (χ3n) is 4.65. The van der Waals surface area contributed by atoms with Gasteiger partial charge in [-0.15, -0.1) is 0 Å². The molecule has 28 heavy (non-hydrogen) atoms. The largest absolute Gasteiger partial charge is 0.358 e. The van der Waals surface area contributed by atoms with Crippen molar-refractivity contribution in [2.24, 2.45) is 0 Å². The highest BCUT2D eigenvalue weighted by Crippen LogP contribution is 2.23. The molecule has 0 aliphatic heterocycles. The Kier molecular flexibility index (Phi) is 4.53. The van der Waals surface area contributed by atoms with Crippen molar-refractivity contribution in [3.05, 3.63) is 77.1 Å². The van der Waals surface area contributed by atoms with E-state index in [9.17, 15) is 9.59 Å². The number of hydrogen-bond donors (Lipinski definition) is 2. The normalized spacial score (nSPS) is 10.9. The lowest BCUT2D eigenvalue weighted by molar-refractivity contribution is -0.117. The van der Waals surface area contributed by atoms with Crippen LogP contribution in [-0.2, 0) is 11.3 Å². The number of ketones is 1. The molecule has 0 saturated carbocycles. The van der Waals surface area contributed by atoms with E-state index in [1.54, 1.807) is 13.0 Å². The lowest BCUT2D eigenvalue weighted by Crippen LogP contribution is -2.31. The van der Waals surface area contributed by atoms with Gasteiger partial charge in [-0.25, -0.2) is 0 Å². The van der Waals surface area contributed by atoms with Gasteiger partial charge in [-0.2, -0.15) is 0 Å². The number of Topliss-reactive ketones (excluding diaryl/α,β-unsaturated/α-hetero) is 1. The lowest BCUT2D eigenvalue weighted by Gasteiger charge is -2.02. The molecular weight excluding hydrogens is 354 g/mol. The number of nitrogens with one attached hydrogen (secondary N) is 2. The molecule has 2 aromatic heterocycles. The highest BCUT2D eigenvalue weighted by atomic mass is 16.5. The van der Waals surface area contributed by atoms with Gasteiger partial charge in [0.1, 0.15) is 5.69 Å². The molecular formula is C22H19N3O3. The molecule has 0 radical (unpaired) electrons. The van der Waals surface area contributed by atoms with E-state index >= 15 is 0 Å². The van der Waals surface area contributed by atoms with Crippen LogP contribution in [-0.4, -0.2) is 21.8 Å². The summed E-state index contributed by atoms with van der Waals surface area (Å²) in [6.45, 7) is 3.91. The van der Waals surface area contributed by atoms with Crippen molar-refractivity contribution in [2.75, 3.05) is 0 Å². The van der Waals surface area contributed by atoms with Crippen molar-refractivity contribution < 1.29 is 14.1 Å². The topological polar surface area (TPSA) is 88.0 Å². The van der Waals surface area contributed by atoms with Crippen LogP contribution < -0.4 is 5.32 Å². The summed E-state index contributed by atoms with van der Waals surface area (Å²) >= 11 is 0. The van der Waals surface area contributed by atoms with E-state index < -0.39 is 11.7 Å². The second-order valence-corrected chi connectivity index (χ2v) is 6.73. The lowest BCUT2D eigenvalue weighted by atomic mass is 10.1. The molecule has 0 unspecified atom stereocenters. The van der Waals surface area contributed by atoms with Gasteiger partial charge < -0.3 is 14.8 Å². The number of H-pyrrole nitrogens is 1. The average Bonchev–Trinajstić information content (AvgIpc) is 3.29. The molecule has 1 amide bonds. The number of benzene rings is 2. The number of amides is 1. The van der Waals surface area contributed by atoms with Crippen LogP contribution >= 0.6 is 0 Å². The fraction of sp³-hybridized carbons (Fsp3) is 0.136. The van der Waals surface area contributed by atoms with Gasteiger partial charge in [0.2, 0.25) is 0 Å². The van der Waals surface area contributed by atoms with Crippen LogP contribution in [0.3, 0.4) is 0 Å². The number of carbonyl (C=O) groups is 2. The summed E-state index contributed by atoms with van der Waals surface area (Å²) in [4.78, 5) is 28.2. The quantitative estimate of drug-likeness (QED) is 0.410. The van der Waals surface area contributed by atoms with Crippen molar-refractivity contribution in [2.45, 2.75) is 20.4 Å². The molecule has 2 N–H and O–H groups in total. The van der Waals surface area contributed by atoms with Gasteiger partial charge in [0.25, 0.3) is 11.7 Å². The predicted octanol–water partition coefficient (Wildman–Crippen LogP) is 3.94. The smallest absolute Gasteiger partial charge is 0.292 e. The second-order valence-electron chi connectivity index (χ2n) is 6.73. The highest BCUT2D eigenvalue weighted by Gasteiger charge is 2.22. The standard InChI is InChI=1S/C22H19N3O3/c1-13-7-9-15(10-8-13)19-11-16(25-28-19)12-23-22(27)21(26)20-14(2)24-18-6-4-3-5-17(18)20/h3-11,24H,12H2,1-2H3,(H,23,27). The molecule has 2 aromatic carbocycles. The Morgan fingerprint density at radius 2 is 1.82 bits per heavy atom. The molecule has 0 saturated heterocycles. The first-order valence-corrected chi connectivity index (χ1v) is 8.95. The molecule has 140 valence electrons. The molecule has 4 rings (SSSR count). The maximum atomic E-state index is 12.6. The third-order valence-corrected chi connectivity index (χ3v) is 4.65. The van der Waals surface area contributed by atoms with E-state index in [0.29, 0.717) is 22.7 Å². The minimum Gasteiger partial charge on any atom is -0.358 e. The van der Waals surface area contributed by atoms with Gasteiger partial charge in [-0.1, -0.05) is 53.2 Å². The monoisotopic (exact) mass is 373 g/mol. The van der Waals surface area contributed by atoms with Crippen LogP contribution in [0, 0.1) is 13.8 Å². The van der Waals surface area contributed by atoms with Gasteiger partial charge >= 0.3 is 0 Å². The summed E-state index contributed by atoms with van der Waals surface area (Å²) in [5.41, 5.74) is 4.50. The van der Waals surface area contributed by atoms with Crippen LogP contribution in [0.2, 0.25) is 0 Å². The summed E-state index contributed by atoms with van der Waals surface area (Å²) in [7, 11) is 0. The Morgan fingerprint density at radius 1 is 1.07 bits per heavy atom. The Morgan fingerprint density at radius 3 is 2.61 bits per heavy atom. The van der Waals surface area contributed by atoms with E-state index in [2.05, 4.69) is 15.5 Å². The van der Waals surface area contributed by atoms with Gasteiger partial charge in [0, 0.05) is 28.2 Å². The SMILES string of the molecule is Cc1ccc(-c2cc(CNC(=O)C(=O)c3c(C)[nH]c4ccccc34)no2)cc1. The molecule has 0 fully saturated rings. The predicted molar refractivity (Wildman–Crippen MR) is 106 cm³/mol. The summed E-state index contributed by atoms with van der Waals surface area (Å²) in [5.74, 6) is -0.631. The number of aryl methyl sites for hydroxylation is 2. The summed E-state index contributed by atoms with van der Waals surface area (Å²) in [6, 6.07) is 17.0. The van der Waals surface area contributed by atoms with Crippen LogP contribution in [0.15, 0.2) is 59.1 Å². The highest BCUT2D eigenvalue weighted by molar-refractivity contribution is 6.45. The third kappa shape index (κ3) is 3.32. The van der Waals surface area contributed by atoms with Gasteiger partial charge in [-0.05, 0) is 19.9 Å². The van der Waals surface area contributed by atoms with Crippen molar-refractivity contribution in [1.29, 1.82) is 0 Å². The first-order chi connectivity index (χ1) is 13.5. The maximum Gasteiger partial charge on any atom is 0.292 e. The zero-order chi connectivity index (χ0) is 19.7. The molecule has 0 bridgehead atoms. The molecule has 0 aliphatic carbocycles. The number of nitrogens with zero attached hydrogens (tertiary/aromatic N) is 1. The van der Waals surface area contributed by atoms with Crippen LogP contribution in [0.5, 0.6) is 0 Å². The van der Waals surface area contributed by atoms with Gasteiger partial charge in [0.05, 0.1) is 12.1 Å². The number of fused-ring (bicyclic) bond motifs is 1. The zero-order valence-electron chi connectivity index (χ0n) is 15.6. The maximum absolute atomic E-state index is 12.6. The summed E-state index contributed by atoms with van der Waals surface area (Å²) in [5, 5.41) is 7.34. The summed E-state index contributed by atoms with van der Waals surface area (Å²) < 4.78 is 5.34. The fourth-order valence-corrected chi connectivity index (χ4v) is 3.18. The zero-order valence-corrected chi connectivity index (χ0v) is 15.6. The number of aromatic nitrogens is 2. The molecule has 6 heteroatoms. The van der Waals surface area contributed by atoms with Crippen molar-refractivity contribution in [1.82, 2.24) is 15.5 Å². The molecule has 2 heterocycles. The minimum absolute atomic E-state index is 0.112. The number of para-hydroxylation sites is 1. The van der Waals surface area contributed by atoms with E-state index in [1.165, 1.54) is 0 Å². The van der Waals surface area contributed by atoms with Crippen LogP contribution in [0.1, 0.15) is 27.3 Å². The van der Waals surface area contributed by atoms with E-state index in [1.807, 2.05) is 55.5 Å². The number of carbonyl (C=O) groups excluding carboxylic acids is 2. The summed E-state index contributed by atoms with van der Waals surface area (Å²) in [6.07, 6.45) is 0. The van der Waals surface area contributed by atoms with Crippen LogP contribution in [0.25, 0.3) is 22.2 Å². The molecule has 0 aliphatic rings. The molecule has 0 spiro atoms.